The molecule has 2 heterocycles. The number of hydrogen-bond acceptors (Lipinski definition) is 3. The van der Waals surface area contributed by atoms with Crippen molar-refractivity contribution in [2.45, 2.75) is 31.8 Å². The van der Waals surface area contributed by atoms with Crippen LogP contribution in [0.15, 0.2) is 30.6 Å². The quantitative estimate of drug-likeness (QED) is 0.785. The number of benzene rings is 1. The molecule has 23 heavy (non-hydrogen) atoms. The van der Waals surface area contributed by atoms with Gasteiger partial charge in [0.25, 0.3) is 0 Å². The predicted molar refractivity (Wildman–Crippen MR) is 87.0 cm³/mol. The Balaban J connectivity index is 1.66. The van der Waals surface area contributed by atoms with Crippen molar-refractivity contribution >= 4 is 17.4 Å². The number of hydrogen-bond donors (Lipinski definition) is 0. The fraction of sp³-hybridized carbons (Fsp3) is 0.412. The lowest BCUT2D eigenvalue weighted by Gasteiger charge is -2.24. The first-order chi connectivity index (χ1) is 11.0. The summed E-state index contributed by atoms with van der Waals surface area (Å²) in [6.45, 7) is 1.57. The van der Waals surface area contributed by atoms with E-state index in [-0.39, 0.29) is 17.6 Å². The van der Waals surface area contributed by atoms with Crippen molar-refractivity contribution in [1.82, 2.24) is 14.7 Å². The van der Waals surface area contributed by atoms with Gasteiger partial charge in [0, 0.05) is 37.3 Å². The summed E-state index contributed by atoms with van der Waals surface area (Å²) in [5, 5.41) is 4.49. The molecule has 122 valence electrons. The first-order valence-corrected chi connectivity index (χ1v) is 8.10. The summed E-state index contributed by atoms with van der Waals surface area (Å²) in [6, 6.07) is 4.68. The highest BCUT2D eigenvalue weighted by Gasteiger charge is 2.27. The Hall–Kier alpha value is -1.72. The first kappa shape index (κ1) is 16.1. The second-order valence-corrected chi connectivity index (χ2v) is 6.44. The lowest BCUT2D eigenvalue weighted by Crippen LogP contribution is -2.31. The van der Waals surface area contributed by atoms with Crippen LogP contribution in [0.25, 0.3) is 0 Å². The zero-order valence-electron chi connectivity index (χ0n) is 13.0. The Morgan fingerprint density at radius 2 is 2.30 bits per heavy atom. The number of likely N-dealkylation sites (tertiary alicyclic amines) is 1. The van der Waals surface area contributed by atoms with Crippen LogP contribution in [0.1, 0.15) is 35.2 Å². The monoisotopic (exact) mass is 335 g/mol. The van der Waals surface area contributed by atoms with E-state index in [0.29, 0.717) is 23.6 Å². The molecule has 0 radical (unpaired) electrons. The van der Waals surface area contributed by atoms with Gasteiger partial charge in [-0.2, -0.15) is 5.10 Å². The maximum Gasteiger partial charge on any atom is 0.167 e. The molecule has 0 aliphatic carbocycles. The van der Waals surface area contributed by atoms with Gasteiger partial charge in [0.15, 0.2) is 5.78 Å². The molecule has 0 spiro atoms. The zero-order valence-corrected chi connectivity index (χ0v) is 13.8. The van der Waals surface area contributed by atoms with E-state index < -0.39 is 0 Å². The van der Waals surface area contributed by atoms with Gasteiger partial charge in [0.2, 0.25) is 0 Å². The normalized spacial score (nSPS) is 18.5. The highest BCUT2D eigenvalue weighted by atomic mass is 35.5. The van der Waals surface area contributed by atoms with Gasteiger partial charge in [-0.05, 0) is 37.1 Å². The van der Waals surface area contributed by atoms with Gasteiger partial charge in [-0.25, -0.2) is 4.39 Å². The van der Waals surface area contributed by atoms with Gasteiger partial charge in [-0.15, -0.1) is 0 Å². The summed E-state index contributed by atoms with van der Waals surface area (Å²) in [7, 11) is 1.80. The number of Topliss-reactive ketones (excluding diaryl/α,β-unsaturated/α-hetero) is 1. The number of aromatic nitrogens is 2. The Kier molecular flexibility index (Phi) is 4.78. The summed E-state index contributed by atoms with van der Waals surface area (Å²) in [5.41, 5.74) is 1.55. The van der Waals surface area contributed by atoms with Crippen molar-refractivity contribution in [1.29, 1.82) is 0 Å². The van der Waals surface area contributed by atoms with Gasteiger partial charge in [0.05, 0.1) is 11.8 Å². The standard InChI is InChI=1S/C17H19ClFN3O/c1-21-10-13(9-20-21)17(23)8-15-3-2-6-22(15)11-12-4-5-14(19)7-16(12)18/h4-5,7,9-10,15H,2-3,6,8,11H2,1H3. The summed E-state index contributed by atoms with van der Waals surface area (Å²) in [4.78, 5) is 14.6. The highest BCUT2D eigenvalue weighted by Crippen LogP contribution is 2.26. The highest BCUT2D eigenvalue weighted by molar-refractivity contribution is 6.31. The second-order valence-electron chi connectivity index (χ2n) is 6.03. The molecule has 2 aromatic rings. The van der Waals surface area contributed by atoms with Gasteiger partial charge < -0.3 is 0 Å². The summed E-state index contributed by atoms with van der Waals surface area (Å²) < 4.78 is 14.8. The van der Waals surface area contributed by atoms with E-state index in [1.807, 2.05) is 0 Å². The van der Waals surface area contributed by atoms with Crippen LogP contribution in [-0.4, -0.2) is 33.1 Å². The molecule has 1 unspecified atom stereocenters. The summed E-state index contributed by atoms with van der Waals surface area (Å²) >= 11 is 6.12. The largest absolute Gasteiger partial charge is 0.296 e. The summed E-state index contributed by atoms with van der Waals surface area (Å²) in [6.07, 6.45) is 5.88. The van der Waals surface area contributed by atoms with Crippen molar-refractivity contribution in [3.8, 4) is 0 Å². The number of carbonyl (C=O) groups is 1. The number of carbonyl (C=O) groups excluding carboxylic acids is 1. The van der Waals surface area contributed by atoms with Gasteiger partial charge >= 0.3 is 0 Å². The van der Waals surface area contributed by atoms with E-state index in [0.717, 1.165) is 24.9 Å². The molecule has 0 amide bonds. The smallest absolute Gasteiger partial charge is 0.167 e. The Morgan fingerprint density at radius 3 is 3.00 bits per heavy atom. The molecule has 1 aliphatic rings. The van der Waals surface area contributed by atoms with Crippen LogP contribution >= 0.6 is 11.6 Å². The van der Waals surface area contributed by atoms with Crippen LogP contribution in [0.5, 0.6) is 0 Å². The average Bonchev–Trinajstić information content (AvgIpc) is 3.11. The molecule has 3 rings (SSSR count). The average molecular weight is 336 g/mol. The number of rotatable bonds is 5. The van der Waals surface area contributed by atoms with E-state index in [1.54, 1.807) is 30.2 Å². The third-order valence-corrected chi connectivity index (χ3v) is 4.69. The van der Waals surface area contributed by atoms with Crippen LogP contribution < -0.4 is 0 Å². The molecular weight excluding hydrogens is 317 g/mol. The van der Waals surface area contributed by atoms with Crippen LogP contribution in [0.4, 0.5) is 4.39 Å². The Morgan fingerprint density at radius 1 is 1.48 bits per heavy atom. The van der Waals surface area contributed by atoms with Crippen molar-refractivity contribution in [2.24, 2.45) is 7.05 Å². The zero-order chi connectivity index (χ0) is 16.4. The fourth-order valence-corrected chi connectivity index (χ4v) is 3.33. The van der Waals surface area contributed by atoms with Crippen molar-refractivity contribution < 1.29 is 9.18 Å². The maximum atomic E-state index is 13.1. The van der Waals surface area contributed by atoms with Crippen LogP contribution in [0.2, 0.25) is 5.02 Å². The molecule has 1 aromatic heterocycles. The molecule has 1 atom stereocenters. The third-order valence-electron chi connectivity index (χ3n) is 4.34. The van der Waals surface area contributed by atoms with Crippen LogP contribution in [0, 0.1) is 5.82 Å². The van der Waals surface area contributed by atoms with E-state index in [4.69, 9.17) is 11.6 Å². The van der Waals surface area contributed by atoms with Gasteiger partial charge in [-0.3, -0.25) is 14.4 Å². The number of nitrogens with zero attached hydrogens (tertiary/aromatic N) is 3. The second kappa shape index (κ2) is 6.81. The molecule has 1 aromatic carbocycles. The summed E-state index contributed by atoms with van der Waals surface area (Å²) in [5.74, 6) is -0.219. The van der Waals surface area contributed by atoms with Crippen molar-refractivity contribution in [3.63, 3.8) is 0 Å². The molecule has 1 saturated heterocycles. The molecular formula is C17H19ClFN3O. The molecule has 1 aliphatic heterocycles. The number of ketones is 1. The molecule has 1 fully saturated rings. The molecule has 6 heteroatoms. The number of halogens is 2. The SMILES string of the molecule is Cn1cc(C(=O)CC2CCCN2Cc2ccc(F)cc2Cl)cn1. The molecule has 0 N–H and O–H groups in total. The van der Waals surface area contributed by atoms with Gasteiger partial charge in [-0.1, -0.05) is 17.7 Å². The van der Waals surface area contributed by atoms with Crippen LogP contribution in [-0.2, 0) is 13.6 Å². The van der Waals surface area contributed by atoms with E-state index in [9.17, 15) is 9.18 Å². The topological polar surface area (TPSA) is 38.1 Å². The number of aryl methyl sites for hydroxylation is 1. The lowest BCUT2D eigenvalue weighted by atomic mass is 10.0. The minimum absolute atomic E-state index is 0.111. The molecule has 0 saturated carbocycles. The Labute approximate surface area is 139 Å². The van der Waals surface area contributed by atoms with Gasteiger partial charge in [0.1, 0.15) is 5.82 Å². The van der Waals surface area contributed by atoms with E-state index in [2.05, 4.69) is 10.00 Å². The Bertz CT molecular complexity index is 716. The maximum absolute atomic E-state index is 13.1. The lowest BCUT2D eigenvalue weighted by molar-refractivity contribution is 0.0938. The third kappa shape index (κ3) is 3.79. The fourth-order valence-electron chi connectivity index (χ4n) is 3.10. The first-order valence-electron chi connectivity index (χ1n) is 7.73. The van der Waals surface area contributed by atoms with E-state index in [1.165, 1.54) is 12.1 Å². The van der Waals surface area contributed by atoms with Crippen LogP contribution in [0.3, 0.4) is 0 Å². The minimum Gasteiger partial charge on any atom is -0.296 e. The molecule has 4 nitrogen and oxygen atoms in total. The minimum atomic E-state index is -0.330. The van der Waals surface area contributed by atoms with Crippen molar-refractivity contribution in [2.75, 3.05) is 6.54 Å². The predicted octanol–water partition coefficient (Wildman–Crippen LogP) is 3.45. The van der Waals surface area contributed by atoms with Crippen molar-refractivity contribution in [3.05, 3.63) is 52.6 Å². The molecule has 0 bridgehead atoms. The van der Waals surface area contributed by atoms with E-state index >= 15 is 0 Å².